The molecule has 2 heterocycles. The number of hydrogen-bond donors (Lipinski definition) is 1. The van der Waals surface area contributed by atoms with Gasteiger partial charge < -0.3 is 19.9 Å². The van der Waals surface area contributed by atoms with Crippen LogP contribution < -0.4 is 19.9 Å². The standard InChI is InChI=1S/C22H20ClN3O4S/c1-28-17-9-15-16(10-18(17)29-2)26(12-25-15)20-11-19(21(31-20)22(24)27)30-8-7-13-5-3-4-6-14(13)23/h3-6,9-12H,7-8H2,1-2H3,(H2,24,27). The van der Waals surface area contributed by atoms with Gasteiger partial charge in [0, 0.05) is 29.6 Å². The lowest BCUT2D eigenvalue weighted by molar-refractivity contribution is 0.100. The number of methoxy groups -OCH3 is 2. The summed E-state index contributed by atoms with van der Waals surface area (Å²) >= 11 is 7.44. The van der Waals surface area contributed by atoms with Crippen molar-refractivity contribution in [2.45, 2.75) is 6.42 Å². The molecule has 2 aromatic heterocycles. The Morgan fingerprint density at radius 3 is 2.58 bits per heavy atom. The van der Waals surface area contributed by atoms with Crippen molar-refractivity contribution in [3.63, 3.8) is 0 Å². The summed E-state index contributed by atoms with van der Waals surface area (Å²) in [5.74, 6) is 1.06. The molecule has 2 N–H and O–H groups in total. The third-order valence-corrected chi connectivity index (χ3v) is 6.28. The number of carbonyl (C=O) groups excluding carboxylic acids is 1. The number of aromatic nitrogens is 2. The van der Waals surface area contributed by atoms with E-state index in [0.717, 1.165) is 21.6 Å². The van der Waals surface area contributed by atoms with E-state index in [0.29, 0.717) is 40.2 Å². The molecule has 0 bridgehead atoms. The number of thiophene rings is 1. The van der Waals surface area contributed by atoms with Crippen LogP contribution in [0.3, 0.4) is 0 Å². The Hall–Kier alpha value is -3.23. The molecule has 0 aliphatic heterocycles. The van der Waals surface area contributed by atoms with E-state index in [9.17, 15) is 4.79 Å². The third kappa shape index (κ3) is 4.17. The second-order valence-electron chi connectivity index (χ2n) is 6.64. The van der Waals surface area contributed by atoms with Crippen LogP contribution in [0.25, 0.3) is 16.0 Å². The number of hydrogen-bond acceptors (Lipinski definition) is 6. The van der Waals surface area contributed by atoms with Crippen LogP contribution in [-0.4, -0.2) is 36.3 Å². The zero-order valence-corrected chi connectivity index (χ0v) is 18.5. The van der Waals surface area contributed by atoms with E-state index >= 15 is 0 Å². The van der Waals surface area contributed by atoms with Gasteiger partial charge in [-0.15, -0.1) is 11.3 Å². The lowest BCUT2D eigenvalue weighted by Gasteiger charge is -2.08. The number of nitrogens with two attached hydrogens (primary N) is 1. The summed E-state index contributed by atoms with van der Waals surface area (Å²) < 4.78 is 18.5. The molecule has 160 valence electrons. The first-order valence-electron chi connectivity index (χ1n) is 9.41. The Morgan fingerprint density at radius 2 is 1.87 bits per heavy atom. The number of primary amides is 1. The molecule has 0 saturated carbocycles. The summed E-state index contributed by atoms with van der Waals surface area (Å²) in [5.41, 5.74) is 8.10. The van der Waals surface area contributed by atoms with Gasteiger partial charge in [-0.2, -0.15) is 0 Å². The molecule has 0 spiro atoms. The lowest BCUT2D eigenvalue weighted by atomic mass is 10.2. The number of halogens is 1. The smallest absolute Gasteiger partial charge is 0.262 e. The molecule has 1 amide bonds. The number of ether oxygens (including phenoxy) is 3. The van der Waals surface area contributed by atoms with Gasteiger partial charge in [0.25, 0.3) is 5.91 Å². The van der Waals surface area contributed by atoms with E-state index in [1.807, 2.05) is 34.9 Å². The Labute approximate surface area is 187 Å². The molecule has 0 saturated heterocycles. The molecule has 0 aliphatic rings. The van der Waals surface area contributed by atoms with Crippen LogP contribution in [0.15, 0.2) is 48.8 Å². The molecule has 0 unspecified atom stereocenters. The zero-order chi connectivity index (χ0) is 22.0. The SMILES string of the molecule is COc1cc2ncn(-c3cc(OCCc4ccccc4Cl)c(C(N)=O)s3)c2cc1OC. The molecule has 4 aromatic rings. The second kappa shape index (κ2) is 8.87. The summed E-state index contributed by atoms with van der Waals surface area (Å²) in [6.07, 6.45) is 2.28. The molecule has 31 heavy (non-hydrogen) atoms. The van der Waals surface area contributed by atoms with Gasteiger partial charge in [-0.25, -0.2) is 4.98 Å². The third-order valence-electron chi connectivity index (χ3n) is 4.79. The lowest BCUT2D eigenvalue weighted by Crippen LogP contribution is -2.11. The van der Waals surface area contributed by atoms with E-state index in [1.165, 1.54) is 11.3 Å². The van der Waals surface area contributed by atoms with Crippen LogP contribution in [0.1, 0.15) is 15.2 Å². The number of carbonyl (C=O) groups is 1. The summed E-state index contributed by atoms with van der Waals surface area (Å²) in [4.78, 5) is 16.8. The monoisotopic (exact) mass is 457 g/mol. The summed E-state index contributed by atoms with van der Waals surface area (Å²) in [6, 6.07) is 13.0. The van der Waals surface area contributed by atoms with Gasteiger partial charge in [0.05, 0.1) is 31.9 Å². The fraction of sp³-hybridized carbons (Fsp3) is 0.182. The van der Waals surface area contributed by atoms with Gasteiger partial charge in [-0.3, -0.25) is 9.36 Å². The van der Waals surface area contributed by atoms with Gasteiger partial charge >= 0.3 is 0 Å². The van der Waals surface area contributed by atoms with Gasteiger partial charge in [-0.1, -0.05) is 29.8 Å². The first-order chi connectivity index (χ1) is 15.0. The average molecular weight is 458 g/mol. The highest BCUT2D eigenvalue weighted by Gasteiger charge is 2.19. The Bertz CT molecular complexity index is 1250. The molecule has 0 aliphatic carbocycles. The van der Waals surface area contributed by atoms with Crippen molar-refractivity contribution >= 4 is 39.9 Å². The highest BCUT2D eigenvalue weighted by atomic mass is 35.5. The fourth-order valence-electron chi connectivity index (χ4n) is 3.24. The van der Waals surface area contributed by atoms with Crippen LogP contribution in [0.4, 0.5) is 0 Å². The van der Waals surface area contributed by atoms with E-state index < -0.39 is 5.91 Å². The molecule has 2 aromatic carbocycles. The molecular formula is C22H20ClN3O4S. The highest BCUT2D eigenvalue weighted by Crippen LogP contribution is 2.36. The van der Waals surface area contributed by atoms with Gasteiger partial charge in [-0.05, 0) is 11.6 Å². The first kappa shape index (κ1) is 21.0. The number of rotatable bonds is 8. The molecule has 0 atom stereocenters. The molecule has 4 rings (SSSR count). The van der Waals surface area contributed by atoms with Crippen molar-refractivity contribution in [1.29, 1.82) is 0 Å². The van der Waals surface area contributed by atoms with Gasteiger partial charge in [0.2, 0.25) is 0 Å². The zero-order valence-electron chi connectivity index (χ0n) is 16.9. The van der Waals surface area contributed by atoms with Crippen molar-refractivity contribution < 1.29 is 19.0 Å². The minimum Gasteiger partial charge on any atom is -0.493 e. The minimum atomic E-state index is -0.548. The Kier molecular flexibility index (Phi) is 6.01. The van der Waals surface area contributed by atoms with Gasteiger partial charge in [0.15, 0.2) is 11.5 Å². The maximum Gasteiger partial charge on any atom is 0.262 e. The van der Waals surface area contributed by atoms with Crippen molar-refractivity contribution in [2.24, 2.45) is 5.73 Å². The Morgan fingerprint density at radius 1 is 1.13 bits per heavy atom. The Balaban J connectivity index is 1.64. The van der Waals surface area contributed by atoms with Crippen molar-refractivity contribution in [2.75, 3.05) is 20.8 Å². The fourth-order valence-corrected chi connectivity index (χ4v) is 4.41. The molecule has 0 radical (unpaired) electrons. The predicted octanol–water partition coefficient (Wildman–Crippen LogP) is 4.48. The van der Waals surface area contributed by atoms with Crippen LogP contribution in [0.2, 0.25) is 5.02 Å². The summed E-state index contributed by atoms with van der Waals surface area (Å²) in [6.45, 7) is 0.357. The minimum absolute atomic E-state index is 0.344. The number of benzene rings is 2. The van der Waals surface area contributed by atoms with E-state index in [-0.39, 0.29) is 0 Å². The van der Waals surface area contributed by atoms with Crippen LogP contribution >= 0.6 is 22.9 Å². The van der Waals surface area contributed by atoms with E-state index in [2.05, 4.69) is 4.98 Å². The highest BCUT2D eigenvalue weighted by molar-refractivity contribution is 7.16. The van der Waals surface area contributed by atoms with Crippen molar-refractivity contribution in [3.05, 3.63) is 64.3 Å². The van der Waals surface area contributed by atoms with Crippen LogP contribution in [-0.2, 0) is 6.42 Å². The first-order valence-corrected chi connectivity index (χ1v) is 10.6. The average Bonchev–Trinajstić information content (AvgIpc) is 3.37. The molecular weight excluding hydrogens is 438 g/mol. The van der Waals surface area contributed by atoms with Gasteiger partial charge in [0.1, 0.15) is 22.0 Å². The van der Waals surface area contributed by atoms with E-state index in [1.54, 1.807) is 32.7 Å². The van der Waals surface area contributed by atoms with Crippen LogP contribution in [0, 0.1) is 0 Å². The molecule has 0 fully saturated rings. The number of amides is 1. The largest absolute Gasteiger partial charge is 0.493 e. The normalized spacial score (nSPS) is 10.9. The maximum atomic E-state index is 12.0. The van der Waals surface area contributed by atoms with E-state index in [4.69, 9.17) is 31.5 Å². The quantitative estimate of drug-likeness (QED) is 0.421. The number of nitrogens with zero attached hydrogens (tertiary/aromatic N) is 2. The summed E-state index contributed by atoms with van der Waals surface area (Å²) in [5, 5.41) is 1.43. The van der Waals surface area contributed by atoms with Crippen LogP contribution in [0.5, 0.6) is 17.2 Å². The number of imidazole rings is 1. The molecule has 7 nitrogen and oxygen atoms in total. The molecule has 9 heteroatoms. The summed E-state index contributed by atoms with van der Waals surface area (Å²) in [7, 11) is 3.15. The predicted molar refractivity (Wildman–Crippen MR) is 121 cm³/mol. The maximum absolute atomic E-state index is 12.0. The van der Waals surface area contributed by atoms with Crippen molar-refractivity contribution in [3.8, 4) is 22.2 Å². The topological polar surface area (TPSA) is 88.6 Å². The van der Waals surface area contributed by atoms with Crippen molar-refractivity contribution in [1.82, 2.24) is 9.55 Å². The second-order valence-corrected chi connectivity index (χ2v) is 8.08. The number of fused-ring (bicyclic) bond motifs is 1.